The number of carbonyl (C=O) groups is 7. The number of nitrogens with one attached hydrogen (secondary N) is 6. The van der Waals surface area contributed by atoms with Crippen molar-refractivity contribution < 1.29 is 62.4 Å². The first-order valence-corrected chi connectivity index (χ1v) is 28.1. The van der Waals surface area contributed by atoms with E-state index in [1.807, 2.05) is 33.8 Å². The maximum Gasteiger partial charge on any atom is 0.426 e. The number of rotatable bonds is 29. The number of nitrogens with two attached hydrogens (primary N) is 1. The van der Waals surface area contributed by atoms with Crippen molar-refractivity contribution in [3.63, 3.8) is 0 Å². The Bertz CT molecular complexity index is 2190. The molecule has 3 aliphatic heterocycles. The van der Waals surface area contributed by atoms with Gasteiger partial charge in [0.2, 0.25) is 29.5 Å². The van der Waals surface area contributed by atoms with Crippen LogP contribution in [0.5, 0.6) is 0 Å². The fourth-order valence-electron chi connectivity index (χ4n) is 9.13. The molecule has 0 aliphatic carbocycles. The largest absolute Gasteiger partial charge is 0.459 e. The minimum absolute atomic E-state index is 0.0311. The molecule has 3 fully saturated rings. The van der Waals surface area contributed by atoms with Gasteiger partial charge in [-0.2, -0.15) is 0 Å². The Labute approximate surface area is 462 Å². The summed E-state index contributed by atoms with van der Waals surface area (Å²) < 4.78 is 28.7. The van der Waals surface area contributed by atoms with Crippen molar-refractivity contribution in [1.29, 1.82) is 0 Å². The minimum Gasteiger partial charge on any atom is -0.459 e. The van der Waals surface area contributed by atoms with Gasteiger partial charge in [-0.05, 0) is 108 Å². The van der Waals surface area contributed by atoms with Crippen molar-refractivity contribution in [2.75, 3.05) is 43.9 Å². The molecule has 21 nitrogen and oxygen atoms in total. The third kappa shape index (κ3) is 22.6. The zero-order valence-corrected chi connectivity index (χ0v) is 47.7. The summed E-state index contributed by atoms with van der Waals surface area (Å²) in [5.74, 6) is -1.75. The Morgan fingerprint density at radius 2 is 1.66 bits per heavy atom. The van der Waals surface area contributed by atoms with Gasteiger partial charge in [0, 0.05) is 38.7 Å². The zero-order chi connectivity index (χ0) is 56.7. The van der Waals surface area contributed by atoms with Crippen molar-refractivity contribution >= 4 is 63.2 Å². The van der Waals surface area contributed by atoms with E-state index in [9.17, 15) is 38.7 Å². The molecule has 0 saturated carbocycles. The number of alkyl halides is 1. The van der Waals surface area contributed by atoms with Crippen molar-refractivity contribution in [3.05, 3.63) is 65.8 Å². The van der Waals surface area contributed by atoms with Crippen LogP contribution in [0.25, 0.3) is 0 Å². The number of carbonyl (C=O) groups excluding carboxylic acids is 7. The van der Waals surface area contributed by atoms with Gasteiger partial charge in [-0.3, -0.25) is 33.8 Å². The van der Waals surface area contributed by atoms with E-state index < -0.39 is 66.0 Å². The standard InChI is InChI=1S/C55H85BrN8O13/c1-34(2)50(59-27-12-10-9-11-26-58-48(67)31-56)53(71)62-43(14-13-25-57)52(70)60-41-20-18-40(19-21-41)32-73-54(72)63-64(8)49(68)29-42-30-55(33-74-55)51(69)46(77-42)23-16-35(3)15-22-45-36(4)28-44(38(6)76-45)61-47(66)24-17-37(5)75-39(7)65/h15-21,23-24,34,36-38,42-46,50-51,59,69H,9-14,22,25-33,57H2,1-8H3,(H,58,67)(H,60,70)(H,61,66)(H,62,71)(H,63,72). The number of aliphatic hydroxyl groups is 1. The number of amides is 6. The normalized spacial score (nSPS) is 24.4. The van der Waals surface area contributed by atoms with E-state index in [0.717, 1.165) is 42.7 Å². The average Bonchev–Trinajstić information content (AvgIpc) is 4.16. The molecule has 11 unspecified atom stereocenters. The van der Waals surface area contributed by atoms with Crippen molar-refractivity contribution in [1.82, 2.24) is 31.7 Å². The first-order valence-electron chi connectivity index (χ1n) is 26.9. The molecule has 11 atom stereocenters. The number of unbranched alkanes of at least 4 members (excludes halogenated alkanes) is 3. The van der Waals surface area contributed by atoms with Crippen LogP contribution >= 0.6 is 15.9 Å². The predicted octanol–water partition coefficient (Wildman–Crippen LogP) is 4.51. The van der Waals surface area contributed by atoms with Crippen LogP contribution in [-0.4, -0.2) is 151 Å². The van der Waals surface area contributed by atoms with E-state index in [1.165, 1.54) is 26.1 Å². The SMILES string of the molecule is CC(=O)OC(C)C=CC(=O)NC1CC(C)C(CC=C(C)C=CC2OC(CC(=O)N(C)NC(=O)OCc3ccc(NC(=O)C(CCCN)NC(=O)C(NCCCCCCNC(=O)CBr)C(C)C)cc3)CC3(CO3)C2O)OC1C. The number of allylic oxidation sites excluding steroid dienone is 2. The lowest BCUT2D eigenvalue weighted by atomic mass is 9.87. The summed E-state index contributed by atoms with van der Waals surface area (Å²) in [6.45, 7) is 14.6. The lowest BCUT2D eigenvalue weighted by Crippen LogP contribution is -2.53. The fraction of sp³-hybridized carbons (Fsp3) is 0.655. The number of epoxide rings is 1. The Kier molecular flexibility index (Phi) is 27.2. The van der Waals surface area contributed by atoms with Crippen LogP contribution in [0.2, 0.25) is 0 Å². The summed E-state index contributed by atoms with van der Waals surface area (Å²) in [7, 11) is 1.40. The molecule has 430 valence electrons. The third-order valence-corrected chi connectivity index (χ3v) is 14.3. The van der Waals surface area contributed by atoms with Crippen LogP contribution in [0.15, 0.2) is 60.2 Å². The van der Waals surface area contributed by atoms with Crippen LogP contribution < -0.4 is 37.7 Å². The number of hydrazine groups is 1. The number of ether oxygens (including phenoxy) is 5. The van der Waals surface area contributed by atoms with Gasteiger partial charge in [0.1, 0.15) is 36.6 Å². The number of hydrogen-bond donors (Lipinski definition) is 8. The average molecular weight is 1150 g/mol. The molecule has 9 N–H and O–H groups in total. The van der Waals surface area contributed by atoms with Crippen molar-refractivity contribution in [2.24, 2.45) is 17.6 Å². The van der Waals surface area contributed by atoms with Crippen molar-refractivity contribution in [3.8, 4) is 0 Å². The Morgan fingerprint density at radius 3 is 2.31 bits per heavy atom. The smallest absolute Gasteiger partial charge is 0.426 e. The van der Waals surface area contributed by atoms with E-state index in [-0.39, 0.29) is 72.6 Å². The topological polar surface area (TPSA) is 291 Å². The van der Waals surface area contributed by atoms with Crippen LogP contribution in [0.4, 0.5) is 10.5 Å². The number of nitrogens with zero attached hydrogens (tertiary/aromatic N) is 1. The minimum atomic E-state index is -0.954. The van der Waals surface area contributed by atoms with E-state index >= 15 is 0 Å². The molecule has 3 heterocycles. The van der Waals surface area contributed by atoms with E-state index in [1.54, 1.807) is 37.3 Å². The van der Waals surface area contributed by atoms with Gasteiger partial charge >= 0.3 is 12.1 Å². The Hall–Kier alpha value is -5.23. The van der Waals surface area contributed by atoms with Crippen molar-refractivity contribution in [2.45, 2.75) is 180 Å². The molecule has 1 spiro atoms. The molecule has 3 saturated heterocycles. The summed E-state index contributed by atoms with van der Waals surface area (Å²) in [5, 5.41) is 27.5. The number of esters is 1. The number of hydrogen-bond acceptors (Lipinski definition) is 15. The molecule has 1 aromatic carbocycles. The lowest BCUT2D eigenvalue weighted by Gasteiger charge is -2.39. The van der Waals surface area contributed by atoms with Crippen LogP contribution in [0.1, 0.15) is 118 Å². The molecular formula is C55H85BrN8O13. The summed E-state index contributed by atoms with van der Waals surface area (Å²) in [4.78, 5) is 88.1. The lowest BCUT2D eigenvalue weighted by molar-refractivity contribution is -0.152. The molecule has 77 heavy (non-hydrogen) atoms. The van der Waals surface area contributed by atoms with Crippen LogP contribution in [-0.2, 0) is 59.1 Å². The monoisotopic (exact) mass is 1140 g/mol. The molecule has 0 aromatic heterocycles. The van der Waals surface area contributed by atoms with Gasteiger partial charge in [0.25, 0.3) is 0 Å². The number of halogens is 1. The van der Waals surface area contributed by atoms with E-state index in [4.69, 9.17) is 29.4 Å². The van der Waals surface area contributed by atoms with E-state index in [0.29, 0.717) is 56.8 Å². The molecule has 3 aliphatic rings. The highest BCUT2D eigenvalue weighted by atomic mass is 79.9. The fourth-order valence-corrected chi connectivity index (χ4v) is 9.33. The number of anilines is 1. The molecular weight excluding hydrogens is 1060 g/mol. The number of benzene rings is 1. The summed E-state index contributed by atoms with van der Waals surface area (Å²) in [5.41, 5.74) is 9.37. The summed E-state index contributed by atoms with van der Waals surface area (Å²) >= 11 is 3.13. The van der Waals surface area contributed by atoms with Gasteiger partial charge in [-0.15, -0.1) is 0 Å². The maximum absolute atomic E-state index is 13.5. The molecule has 1 aromatic rings. The first-order chi connectivity index (χ1) is 36.6. The zero-order valence-electron chi connectivity index (χ0n) is 46.1. The molecule has 4 rings (SSSR count). The van der Waals surface area contributed by atoms with Gasteiger partial charge < -0.3 is 61.1 Å². The number of aliphatic hydroxyl groups excluding tert-OH is 1. The maximum atomic E-state index is 13.5. The second-order valence-corrected chi connectivity index (χ2v) is 21.3. The molecule has 0 radical (unpaired) electrons. The predicted molar refractivity (Wildman–Crippen MR) is 294 cm³/mol. The third-order valence-electron chi connectivity index (χ3n) is 13.7. The van der Waals surface area contributed by atoms with E-state index in [2.05, 4.69) is 60.9 Å². The second-order valence-electron chi connectivity index (χ2n) is 20.7. The highest BCUT2D eigenvalue weighted by Gasteiger charge is 2.58. The summed E-state index contributed by atoms with van der Waals surface area (Å²) in [6, 6.07) is 5.16. The molecule has 0 bridgehead atoms. The Morgan fingerprint density at radius 1 is 0.961 bits per heavy atom. The highest BCUT2D eigenvalue weighted by Crippen LogP contribution is 2.43. The van der Waals surface area contributed by atoms with Gasteiger partial charge in [0.05, 0.1) is 48.8 Å². The van der Waals surface area contributed by atoms with Crippen LogP contribution in [0, 0.1) is 11.8 Å². The quantitative estimate of drug-likeness (QED) is 0.0104. The molecule has 22 heteroatoms. The first kappa shape index (κ1) is 64.3. The van der Waals surface area contributed by atoms with Gasteiger partial charge in [-0.1, -0.05) is 85.5 Å². The van der Waals surface area contributed by atoms with Gasteiger partial charge in [-0.25, -0.2) is 10.2 Å². The van der Waals surface area contributed by atoms with Gasteiger partial charge in [0.15, 0.2) is 0 Å². The highest BCUT2D eigenvalue weighted by molar-refractivity contribution is 9.09. The van der Waals surface area contributed by atoms with Crippen LogP contribution in [0.3, 0.4) is 0 Å². The molecule has 6 amide bonds. The Balaban J connectivity index is 1.19. The second kappa shape index (κ2) is 32.6. The summed E-state index contributed by atoms with van der Waals surface area (Å²) in [6.07, 6.45) is 10.6.